The zero-order valence-corrected chi connectivity index (χ0v) is 29.4. The van der Waals surface area contributed by atoms with E-state index in [0.717, 1.165) is 45.1 Å². The van der Waals surface area contributed by atoms with Crippen LogP contribution < -0.4 is 20.0 Å². The molecule has 6 aromatic carbocycles. The van der Waals surface area contributed by atoms with E-state index in [4.69, 9.17) is 0 Å². The van der Waals surface area contributed by atoms with Crippen LogP contribution in [0.25, 0.3) is 22.3 Å². The highest BCUT2D eigenvalue weighted by molar-refractivity contribution is 5.87. The molecule has 0 unspecified atom stereocenters. The molecular formula is C44H44N4O2. The van der Waals surface area contributed by atoms with Gasteiger partial charge in [0.2, 0.25) is 0 Å². The molecular weight excluding hydrogens is 617 g/mol. The van der Waals surface area contributed by atoms with Crippen LogP contribution in [0, 0.1) is 34.6 Å². The van der Waals surface area contributed by atoms with Gasteiger partial charge >= 0.3 is 0 Å². The van der Waals surface area contributed by atoms with Crippen molar-refractivity contribution < 1.29 is 10.2 Å². The highest BCUT2D eigenvalue weighted by Crippen LogP contribution is 2.45. The molecule has 0 saturated heterocycles. The van der Waals surface area contributed by atoms with Crippen LogP contribution >= 0.6 is 0 Å². The first kappa shape index (κ1) is 32.8. The van der Waals surface area contributed by atoms with Crippen molar-refractivity contribution in [3.63, 3.8) is 0 Å². The number of para-hydroxylation sites is 3. The van der Waals surface area contributed by atoms with E-state index < -0.39 is 0 Å². The van der Waals surface area contributed by atoms with Crippen LogP contribution in [0.5, 0.6) is 11.5 Å². The first-order chi connectivity index (χ1) is 24.2. The minimum absolute atomic E-state index is 0.224. The Morgan fingerprint density at radius 1 is 0.540 bits per heavy atom. The van der Waals surface area contributed by atoms with Crippen molar-refractivity contribution in [1.82, 2.24) is 5.32 Å². The second-order valence-corrected chi connectivity index (χ2v) is 13.3. The maximum absolute atomic E-state index is 11.3. The van der Waals surface area contributed by atoms with Gasteiger partial charge in [-0.2, -0.15) is 0 Å². The van der Waals surface area contributed by atoms with E-state index in [0.29, 0.717) is 20.0 Å². The normalized spacial score (nSPS) is 12.3. The summed E-state index contributed by atoms with van der Waals surface area (Å²) >= 11 is 0. The second kappa shape index (κ2) is 13.7. The smallest absolute Gasteiger partial charge is 0.139 e. The Bertz CT molecular complexity index is 2150. The van der Waals surface area contributed by atoms with Crippen LogP contribution in [-0.4, -0.2) is 30.2 Å². The number of rotatable bonds is 9. The number of nitrogens with zero attached hydrogens (tertiary/aromatic N) is 3. The molecule has 6 nitrogen and oxygen atoms in total. The fourth-order valence-corrected chi connectivity index (χ4v) is 7.42. The average molecular weight is 661 g/mol. The van der Waals surface area contributed by atoms with Crippen LogP contribution in [0.4, 0.5) is 28.4 Å². The van der Waals surface area contributed by atoms with Gasteiger partial charge in [-0.05, 0) is 127 Å². The summed E-state index contributed by atoms with van der Waals surface area (Å²) in [6.45, 7) is 12.2. The summed E-state index contributed by atoms with van der Waals surface area (Å²) in [5, 5.41) is 26.2. The van der Waals surface area contributed by atoms with Gasteiger partial charge in [-0.25, -0.2) is 0 Å². The van der Waals surface area contributed by atoms with Gasteiger partial charge in [0.25, 0.3) is 0 Å². The SMILES string of the molecule is Cc1ccccc1N(CNCN1CN(c2cc(-c3c(C)cccc3C)ccc2O)c2ccccc21)c1cc(-c2c(C)cccc2C)ccc1O. The number of fused-ring (bicyclic) bond motifs is 1. The Balaban J connectivity index is 1.18. The Hall–Kier alpha value is -5.72. The van der Waals surface area contributed by atoms with E-state index >= 15 is 0 Å². The first-order valence-electron chi connectivity index (χ1n) is 17.2. The lowest BCUT2D eigenvalue weighted by Crippen LogP contribution is -2.40. The molecule has 0 atom stereocenters. The summed E-state index contributed by atoms with van der Waals surface area (Å²) < 4.78 is 0. The van der Waals surface area contributed by atoms with Crippen molar-refractivity contribution in [3.8, 4) is 33.8 Å². The zero-order chi connectivity index (χ0) is 34.9. The molecule has 0 aliphatic carbocycles. The van der Waals surface area contributed by atoms with Crippen LogP contribution in [-0.2, 0) is 0 Å². The number of phenols is 2. The number of nitrogens with one attached hydrogen (secondary N) is 1. The molecule has 6 aromatic rings. The highest BCUT2D eigenvalue weighted by Gasteiger charge is 2.29. The maximum atomic E-state index is 11.3. The predicted octanol–water partition coefficient (Wildman–Crippen LogP) is 10.2. The molecule has 0 saturated carbocycles. The molecule has 1 heterocycles. The lowest BCUT2D eigenvalue weighted by Gasteiger charge is -2.30. The molecule has 6 heteroatoms. The minimum Gasteiger partial charge on any atom is -0.506 e. The Morgan fingerprint density at radius 2 is 1.08 bits per heavy atom. The number of benzene rings is 6. The van der Waals surface area contributed by atoms with Gasteiger partial charge in [0.15, 0.2) is 0 Å². The van der Waals surface area contributed by atoms with Crippen LogP contribution in [0.1, 0.15) is 27.8 Å². The lowest BCUT2D eigenvalue weighted by atomic mass is 9.95. The van der Waals surface area contributed by atoms with Crippen LogP contribution in [0.2, 0.25) is 0 Å². The van der Waals surface area contributed by atoms with E-state index in [9.17, 15) is 10.2 Å². The molecule has 0 radical (unpaired) electrons. The molecule has 3 N–H and O–H groups in total. The molecule has 1 aliphatic rings. The minimum atomic E-state index is 0.224. The quantitative estimate of drug-likeness (QED) is 0.134. The number of anilines is 5. The summed E-state index contributed by atoms with van der Waals surface area (Å²) in [4.78, 5) is 6.62. The van der Waals surface area contributed by atoms with Gasteiger partial charge in [0, 0.05) is 5.69 Å². The lowest BCUT2D eigenvalue weighted by molar-refractivity contribution is 0.474. The van der Waals surface area contributed by atoms with Crippen molar-refractivity contribution in [3.05, 3.63) is 149 Å². The van der Waals surface area contributed by atoms with Gasteiger partial charge in [0.05, 0.1) is 42.8 Å². The largest absolute Gasteiger partial charge is 0.506 e. The number of phenolic OH excluding ortho intramolecular Hbond substituents is 2. The van der Waals surface area contributed by atoms with Gasteiger partial charge in [-0.15, -0.1) is 0 Å². The molecule has 7 rings (SSSR count). The fraction of sp³-hybridized carbons (Fsp3) is 0.182. The molecule has 252 valence electrons. The Morgan fingerprint density at radius 3 is 1.72 bits per heavy atom. The fourth-order valence-electron chi connectivity index (χ4n) is 7.42. The average Bonchev–Trinajstić information content (AvgIpc) is 3.47. The molecule has 0 bridgehead atoms. The number of hydrogen-bond donors (Lipinski definition) is 3. The summed E-state index contributed by atoms with van der Waals surface area (Å²) in [7, 11) is 0. The Kier molecular flexibility index (Phi) is 8.96. The topological polar surface area (TPSA) is 62.2 Å². The molecule has 0 spiro atoms. The molecule has 1 aliphatic heterocycles. The van der Waals surface area contributed by atoms with Gasteiger partial charge in [-0.3, -0.25) is 5.32 Å². The van der Waals surface area contributed by atoms with Crippen molar-refractivity contribution in [2.24, 2.45) is 0 Å². The summed E-state index contributed by atoms with van der Waals surface area (Å²) in [5.74, 6) is 0.469. The number of aryl methyl sites for hydroxylation is 5. The maximum Gasteiger partial charge on any atom is 0.139 e. The van der Waals surface area contributed by atoms with E-state index in [1.807, 2.05) is 30.3 Å². The zero-order valence-electron chi connectivity index (χ0n) is 29.4. The monoisotopic (exact) mass is 660 g/mol. The van der Waals surface area contributed by atoms with Gasteiger partial charge in [0.1, 0.15) is 11.5 Å². The molecule has 0 amide bonds. The standard InChI is InChI=1S/C44H44N4O2/c1-29-12-6-7-17-36(29)47(39-24-34(20-22-41(39)49)43-30(2)13-10-14-31(43)3)27-45-26-46-28-48(38-19-9-8-18-37(38)46)40-25-35(21-23-42(40)50)44-32(4)15-11-16-33(44)5/h6-25,45,49-50H,26-28H2,1-5H3. The first-order valence-corrected chi connectivity index (χ1v) is 17.2. The van der Waals surface area contributed by atoms with Crippen molar-refractivity contribution >= 4 is 28.4 Å². The summed E-state index contributed by atoms with van der Waals surface area (Å²) in [6, 6.07) is 41.1. The highest BCUT2D eigenvalue weighted by atomic mass is 16.3. The third kappa shape index (κ3) is 6.14. The summed E-state index contributed by atoms with van der Waals surface area (Å²) in [5.41, 5.74) is 15.1. The molecule has 0 fully saturated rings. The van der Waals surface area contributed by atoms with Crippen LogP contribution in [0.3, 0.4) is 0 Å². The summed E-state index contributed by atoms with van der Waals surface area (Å²) in [6.07, 6.45) is 0. The van der Waals surface area contributed by atoms with Gasteiger partial charge in [-0.1, -0.05) is 78.9 Å². The second-order valence-electron chi connectivity index (χ2n) is 13.3. The third-order valence-electron chi connectivity index (χ3n) is 9.88. The van der Waals surface area contributed by atoms with Crippen molar-refractivity contribution in [2.75, 3.05) is 34.7 Å². The molecule has 50 heavy (non-hydrogen) atoms. The van der Waals surface area contributed by atoms with Crippen molar-refractivity contribution in [2.45, 2.75) is 34.6 Å². The third-order valence-corrected chi connectivity index (χ3v) is 9.88. The predicted molar refractivity (Wildman–Crippen MR) is 208 cm³/mol. The number of hydrogen-bond acceptors (Lipinski definition) is 6. The van der Waals surface area contributed by atoms with E-state index in [1.165, 1.54) is 33.4 Å². The van der Waals surface area contributed by atoms with Gasteiger partial charge < -0.3 is 24.9 Å². The molecule has 0 aromatic heterocycles. The number of aromatic hydroxyl groups is 2. The van der Waals surface area contributed by atoms with E-state index in [1.54, 1.807) is 12.1 Å². The van der Waals surface area contributed by atoms with E-state index in [2.05, 4.69) is 133 Å². The van der Waals surface area contributed by atoms with Crippen LogP contribution in [0.15, 0.2) is 121 Å². The van der Waals surface area contributed by atoms with E-state index in [-0.39, 0.29) is 11.5 Å². The van der Waals surface area contributed by atoms with Crippen molar-refractivity contribution in [1.29, 1.82) is 0 Å². The Labute approximate surface area is 295 Å².